The van der Waals surface area contributed by atoms with Gasteiger partial charge in [0, 0.05) is 0 Å². The summed E-state index contributed by atoms with van der Waals surface area (Å²) >= 11 is 6.90. The van der Waals surface area contributed by atoms with Crippen molar-refractivity contribution in [3.8, 4) is 11.1 Å². The van der Waals surface area contributed by atoms with Gasteiger partial charge in [-0.15, -0.1) is 0 Å². The molecule has 0 nitrogen and oxygen atoms in total. The summed E-state index contributed by atoms with van der Waals surface area (Å²) in [7, 11) is 0. The van der Waals surface area contributed by atoms with Crippen LogP contribution in [0.2, 0.25) is 0 Å². The van der Waals surface area contributed by atoms with Crippen LogP contribution in [0.25, 0.3) is 17.2 Å². The van der Waals surface area contributed by atoms with Crippen molar-refractivity contribution in [1.82, 2.24) is 0 Å². The molecule has 0 fully saturated rings. The Morgan fingerprint density at radius 2 is 1.67 bits per heavy atom. The van der Waals surface area contributed by atoms with Crippen molar-refractivity contribution in [3.05, 3.63) is 62.5 Å². The highest BCUT2D eigenvalue weighted by Gasteiger charge is 2.07. The fraction of sp³-hybridized carbons (Fsp3) is 0.125. The Hall–Kier alpha value is -0.860. The average molecular weight is 366 g/mol. The number of hydrogen-bond acceptors (Lipinski definition) is 0. The molecule has 0 bridgehead atoms. The van der Waals surface area contributed by atoms with Gasteiger partial charge in [-0.1, -0.05) is 48.0 Å². The van der Waals surface area contributed by atoms with Crippen molar-refractivity contribution in [2.45, 2.75) is 13.8 Å². The topological polar surface area (TPSA) is 0 Å². The van der Waals surface area contributed by atoms with Crippen molar-refractivity contribution in [1.29, 1.82) is 0 Å². The molecule has 0 saturated carbocycles. The van der Waals surface area contributed by atoms with E-state index in [4.69, 9.17) is 0 Å². The molecule has 0 atom stereocenters. The fourth-order valence-electron chi connectivity index (χ4n) is 2.14. The number of rotatable bonds is 2. The summed E-state index contributed by atoms with van der Waals surface area (Å²) in [6.45, 7) is 4.28. The van der Waals surface area contributed by atoms with E-state index in [1.165, 1.54) is 27.8 Å². The molecule has 0 N–H and O–H groups in total. The first-order valence-corrected chi connectivity index (χ1v) is 7.36. The van der Waals surface area contributed by atoms with E-state index in [9.17, 15) is 0 Å². The van der Waals surface area contributed by atoms with E-state index in [0.717, 1.165) is 3.39 Å². The minimum absolute atomic E-state index is 0.958. The number of halogens is 2. The predicted octanol–water partition coefficient (Wildman–Crippen LogP) is 6.06. The summed E-state index contributed by atoms with van der Waals surface area (Å²) in [6.07, 6.45) is 2.11. The van der Waals surface area contributed by atoms with E-state index < -0.39 is 0 Å². The SMILES string of the molecule is Cc1cc(C)c(C=C(Br)Br)c(-c2ccccc2)c1. The first-order chi connectivity index (χ1) is 8.58. The minimum atomic E-state index is 0.958. The molecule has 2 heteroatoms. The van der Waals surface area contributed by atoms with E-state index >= 15 is 0 Å². The van der Waals surface area contributed by atoms with Gasteiger partial charge in [0.15, 0.2) is 0 Å². The Morgan fingerprint density at radius 1 is 1.00 bits per heavy atom. The van der Waals surface area contributed by atoms with Crippen molar-refractivity contribution < 1.29 is 0 Å². The lowest BCUT2D eigenvalue weighted by molar-refractivity contribution is 1.37. The van der Waals surface area contributed by atoms with Crippen molar-refractivity contribution in [2.75, 3.05) is 0 Å². The predicted molar refractivity (Wildman–Crippen MR) is 87.2 cm³/mol. The first-order valence-electron chi connectivity index (χ1n) is 5.77. The molecule has 0 radical (unpaired) electrons. The minimum Gasteiger partial charge on any atom is -0.0622 e. The van der Waals surface area contributed by atoms with Crippen LogP contribution in [-0.4, -0.2) is 0 Å². The van der Waals surface area contributed by atoms with Gasteiger partial charge in [0.05, 0.1) is 3.39 Å². The molecule has 0 aromatic heterocycles. The van der Waals surface area contributed by atoms with Crippen molar-refractivity contribution in [3.63, 3.8) is 0 Å². The van der Waals surface area contributed by atoms with Gasteiger partial charge in [0.2, 0.25) is 0 Å². The van der Waals surface area contributed by atoms with Crippen LogP contribution in [0.5, 0.6) is 0 Å². The molecule has 2 aromatic carbocycles. The quantitative estimate of drug-likeness (QED) is 0.606. The van der Waals surface area contributed by atoms with Crippen molar-refractivity contribution in [2.24, 2.45) is 0 Å². The van der Waals surface area contributed by atoms with Gasteiger partial charge in [-0.3, -0.25) is 0 Å². The van der Waals surface area contributed by atoms with Crippen LogP contribution in [-0.2, 0) is 0 Å². The summed E-state index contributed by atoms with van der Waals surface area (Å²) in [6, 6.07) is 14.9. The Labute approximate surface area is 125 Å². The lowest BCUT2D eigenvalue weighted by Gasteiger charge is -2.11. The Morgan fingerprint density at radius 3 is 2.28 bits per heavy atom. The van der Waals surface area contributed by atoms with Gasteiger partial charge in [0.1, 0.15) is 0 Å². The van der Waals surface area contributed by atoms with Gasteiger partial charge in [-0.05, 0) is 74.0 Å². The molecule has 0 unspecified atom stereocenters. The normalized spacial score (nSPS) is 10.2. The fourth-order valence-corrected chi connectivity index (χ4v) is 2.59. The number of benzene rings is 2. The zero-order chi connectivity index (χ0) is 13.1. The lowest BCUT2D eigenvalue weighted by Crippen LogP contribution is -1.90. The van der Waals surface area contributed by atoms with Crippen LogP contribution < -0.4 is 0 Å². The third kappa shape index (κ3) is 3.12. The molecular formula is C16H14Br2. The molecule has 92 valence electrons. The van der Waals surface area contributed by atoms with E-state index in [-0.39, 0.29) is 0 Å². The molecule has 0 spiro atoms. The zero-order valence-electron chi connectivity index (χ0n) is 10.4. The third-order valence-corrected chi connectivity index (χ3v) is 3.33. The molecule has 2 aromatic rings. The monoisotopic (exact) mass is 364 g/mol. The summed E-state index contributed by atoms with van der Waals surface area (Å²) < 4.78 is 0.958. The van der Waals surface area contributed by atoms with Crippen LogP contribution in [0.15, 0.2) is 45.9 Å². The standard InChI is InChI=1S/C16H14Br2/c1-11-8-12(2)14(10-16(17)18)15(9-11)13-6-4-3-5-7-13/h3-10H,1-2H3. The molecule has 0 aliphatic carbocycles. The van der Waals surface area contributed by atoms with Gasteiger partial charge in [-0.2, -0.15) is 0 Å². The second-order valence-electron chi connectivity index (χ2n) is 4.34. The summed E-state index contributed by atoms with van der Waals surface area (Å²) in [5, 5.41) is 0. The highest BCUT2D eigenvalue weighted by Crippen LogP contribution is 2.31. The Bertz CT molecular complexity index is 580. The van der Waals surface area contributed by atoms with Gasteiger partial charge in [-0.25, -0.2) is 0 Å². The largest absolute Gasteiger partial charge is 0.0622 e. The van der Waals surface area contributed by atoms with E-state index in [0.29, 0.717) is 0 Å². The highest BCUT2D eigenvalue weighted by molar-refractivity contribution is 9.28. The summed E-state index contributed by atoms with van der Waals surface area (Å²) in [5.41, 5.74) is 6.33. The molecule has 18 heavy (non-hydrogen) atoms. The maximum absolute atomic E-state index is 3.45. The molecular weight excluding hydrogens is 352 g/mol. The molecule has 0 aliphatic heterocycles. The maximum Gasteiger partial charge on any atom is 0.0610 e. The molecule has 0 saturated heterocycles. The van der Waals surface area contributed by atoms with Crippen LogP contribution in [0.1, 0.15) is 16.7 Å². The highest BCUT2D eigenvalue weighted by atomic mass is 79.9. The van der Waals surface area contributed by atoms with E-state index in [1.54, 1.807) is 0 Å². The number of aryl methyl sites for hydroxylation is 2. The van der Waals surface area contributed by atoms with Gasteiger partial charge >= 0.3 is 0 Å². The smallest absolute Gasteiger partial charge is 0.0610 e. The van der Waals surface area contributed by atoms with Gasteiger partial charge in [0.25, 0.3) is 0 Å². The lowest BCUT2D eigenvalue weighted by atomic mass is 9.94. The van der Waals surface area contributed by atoms with Crippen LogP contribution >= 0.6 is 31.9 Å². The molecule has 0 amide bonds. The first kappa shape index (κ1) is 13.6. The zero-order valence-corrected chi connectivity index (χ0v) is 13.5. The molecule has 0 aliphatic rings. The van der Waals surface area contributed by atoms with Gasteiger partial charge < -0.3 is 0 Å². The molecule has 2 rings (SSSR count). The van der Waals surface area contributed by atoms with Crippen LogP contribution in [0.4, 0.5) is 0 Å². The maximum atomic E-state index is 3.45. The third-order valence-electron chi connectivity index (χ3n) is 2.87. The second kappa shape index (κ2) is 5.85. The van der Waals surface area contributed by atoms with Crippen molar-refractivity contribution >= 4 is 37.9 Å². The Kier molecular flexibility index (Phi) is 4.41. The van der Waals surface area contributed by atoms with Crippen LogP contribution in [0.3, 0.4) is 0 Å². The van der Waals surface area contributed by atoms with Crippen LogP contribution in [0, 0.1) is 13.8 Å². The summed E-state index contributed by atoms with van der Waals surface area (Å²) in [4.78, 5) is 0. The number of hydrogen-bond donors (Lipinski definition) is 0. The van der Waals surface area contributed by atoms with E-state index in [1.807, 2.05) is 6.07 Å². The average Bonchev–Trinajstić information content (AvgIpc) is 2.33. The molecule has 0 heterocycles. The summed E-state index contributed by atoms with van der Waals surface area (Å²) in [5.74, 6) is 0. The second-order valence-corrected chi connectivity index (χ2v) is 7.12. The Balaban J connectivity index is 2.69. The van der Waals surface area contributed by atoms with E-state index in [2.05, 4.69) is 88.2 Å².